The standard InChI is InChI=1S/C39H43N5O9/c1-21-22(2)34(47)39(4)32(23-8-10-24(11-9-23)53-17-16-45)25-12-15-43-36(49)42(37(50)44(43)29(25)20-38(39,3)33(21)46)14-13-26-35(48)41(5)28-19-31(52-7)30(51-6)18-27(28)40-26/h8-12,18-19,29,32,45H,13-17,20H2,1-7H3/t29-,32+,38+,39-/m1/s1. The minimum atomic E-state index is -1.23. The molecule has 0 bridgehead atoms. The first-order valence-corrected chi connectivity index (χ1v) is 17.6. The number of nitrogens with zero attached hydrogens (tertiary/aromatic N) is 5. The molecule has 4 atom stereocenters. The monoisotopic (exact) mass is 725 g/mol. The van der Waals surface area contributed by atoms with Gasteiger partial charge in [-0.25, -0.2) is 28.5 Å². The van der Waals surface area contributed by atoms with E-state index in [9.17, 15) is 29.1 Å². The second kappa shape index (κ2) is 12.9. The summed E-state index contributed by atoms with van der Waals surface area (Å²) in [6.45, 7) is 6.95. The van der Waals surface area contributed by atoms with Gasteiger partial charge in [-0.1, -0.05) is 32.1 Å². The number of methoxy groups -OCH3 is 2. The molecule has 14 heteroatoms. The average Bonchev–Trinajstić information content (AvgIpc) is 3.41. The lowest BCUT2D eigenvalue weighted by atomic mass is 9.43. The zero-order valence-corrected chi connectivity index (χ0v) is 30.9. The minimum absolute atomic E-state index is 0.000433. The van der Waals surface area contributed by atoms with E-state index < -0.39 is 34.2 Å². The van der Waals surface area contributed by atoms with Gasteiger partial charge in [-0.15, -0.1) is 0 Å². The molecule has 53 heavy (non-hydrogen) atoms. The summed E-state index contributed by atoms with van der Waals surface area (Å²) in [5.74, 6) is 0.516. The summed E-state index contributed by atoms with van der Waals surface area (Å²) < 4.78 is 21.8. The Hall–Kier alpha value is -5.50. The van der Waals surface area contributed by atoms with E-state index in [0.717, 1.165) is 15.7 Å². The van der Waals surface area contributed by atoms with Crippen molar-refractivity contribution in [1.29, 1.82) is 0 Å². The molecule has 0 radical (unpaired) electrons. The first kappa shape index (κ1) is 35.9. The van der Waals surface area contributed by atoms with E-state index in [-0.39, 0.29) is 62.0 Å². The second-order valence-corrected chi connectivity index (χ2v) is 14.5. The van der Waals surface area contributed by atoms with Gasteiger partial charge < -0.3 is 23.9 Å². The van der Waals surface area contributed by atoms with E-state index in [4.69, 9.17) is 14.2 Å². The maximum atomic E-state index is 14.4. The normalized spacial score (nSPS) is 23.7. The van der Waals surface area contributed by atoms with Crippen molar-refractivity contribution in [2.45, 2.75) is 65.6 Å². The lowest BCUT2D eigenvalue weighted by molar-refractivity contribution is -0.151. The molecule has 1 saturated carbocycles. The highest BCUT2D eigenvalue weighted by Gasteiger charge is 2.66. The molecular weight excluding hydrogens is 682 g/mol. The lowest BCUT2D eigenvalue weighted by Crippen LogP contribution is -2.61. The number of fused-ring (bicyclic) bond motifs is 5. The van der Waals surface area contributed by atoms with Crippen molar-refractivity contribution < 1.29 is 28.9 Å². The molecule has 1 aliphatic heterocycles. The van der Waals surface area contributed by atoms with Crippen LogP contribution in [0.2, 0.25) is 0 Å². The van der Waals surface area contributed by atoms with E-state index in [1.165, 1.54) is 28.2 Å². The van der Waals surface area contributed by atoms with Crippen molar-refractivity contribution in [3.63, 3.8) is 0 Å². The van der Waals surface area contributed by atoms with Crippen LogP contribution in [0.5, 0.6) is 17.2 Å². The molecule has 2 aromatic heterocycles. The Labute approximate surface area is 304 Å². The van der Waals surface area contributed by atoms with Gasteiger partial charge in [-0.3, -0.25) is 14.4 Å². The van der Waals surface area contributed by atoms with Crippen LogP contribution in [0.4, 0.5) is 0 Å². The van der Waals surface area contributed by atoms with Crippen LogP contribution in [0.3, 0.4) is 0 Å². The number of rotatable bonds is 9. The number of hydrogen-bond donors (Lipinski definition) is 1. The van der Waals surface area contributed by atoms with Crippen LogP contribution in [-0.2, 0) is 36.1 Å². The SMILES string of the molecule is COc1cc2nc(CCn3c(=O)n4n(c3=O)[C@@H]3C[C@@]5(C)C(=O)C(C)=C(C)C(=O)[C@@]5(C)[C@@H](c5ccc(OCCO)cc5)C3=CC4)c(=O)n(C)c2cc1OC. The fourth-order valence-electron chi connectivity index (χ4n) is 8.83. The topological polar surface area (TPSA) is 166 Å². The minimum Gasteiger partial charge on any atom is -0.493 e. The van der Waals surface area contributed by atoms with Gasteiger partial charge >= 0.3 is 11.4 Å². The van der Waals surface area contributed by atoms with E-state index in [0.29, 0.717) is 39.4 Å². The molecule has 3 heterocycles. The summed E-state index contributed by atoms with van der Waals surface area (Å²) >= 11 is 0. The highest BCUT2D eigenvalue weighted by atomic mass is 16.5. The quantitative estimate of drug-likeness (QED) is 0.254. The van der Waals surface area contributed by atoms with Crippen molar-refractivity contribution in [3.05, 3.63) is 102 Å². The van der Waals surface area contributed by atoms with Gasteiger partial charge in [0.25, 0.3) is 5.56 Å². The van der Waals surface area contributed by atoms with Crippen LogP contribution in [0.1, 0.15) is 57.3 Å². The summed E-state index contributed by atoms with van der Waals surface area (Å²) in [4.78, 5) is 75.1. The van der Waals surface area contributed by atoms with Crippen molar-refractivity contribution in [2.24, 2.45) is 17.9 Å². The highest BCUT2D eigenvalue weighted by Crippen LogP contribution is 2.66. The molecule has 0 amide bonds. The molecule has 7 rings (SSSR count). The summed E-state index contributed by atoms with van der Waals surface area (Å²) in [6, 6.07) is 9.85. The number of carbonyl (C=O) groups is 2. The van der Waals surface area contributed by atoms with E-state index >= 15 is 0 Å². The van der Waals surface area contributed by atoms with Crippen molar-refractivity contribution in [2.75, 3.05) is 27.4 Å². The van der Waals surface area contributed by atoms with Crippen molar-refractivity contribution in [3.8, 4) is 17.2 Å². The van der Waals surface area contributed by atoms with Gasteiger partial charge in [0.05, 0.1) is 49.9 Å². The summed E-state index contributed by atoms with van der Waals surface area (Å²) in [7, 11) is 4.62. The highest BCUT2D eigenvalue weighted by molar-refractivity contribution is 6.17. The van der Waals surface area contributed by atoms with Crippen molar-refractivity contribution >= 4 is 22.6 Å². The largest absolute Gasteiger partial charge is 0.493 e. The number of ketones is 2. The van der Waals surface area contributed by atoms with Gasteiger partial charge in [-0.05, 0) is 54.7 Å². The Balaban J connectivity index is 1.31. The molecule has 3 aliphatic rings. The molecule has 2 aliphatic carbocycles. The smallest absolute Gasteiger partial charge is 0.347 e. The zero-order chi connectivity index (χ0) is 38.1. The first-order valence-electron chi connectivity index (χ1n) is 17.6. The third-order valence-electron chi connectivity index (χ3n) is 12.0. The molecule has 0 saturated heterocycles. The molecule has 2 aromatic carbocycles. The molecule has 278 valence electrons. The van der Waals surface area contributed by atoms with Gasteiger partial charge in [0.2, 0.25) is 0 Å². The first-order chi connectivity index (χ1) is 25.2. The Bertz CT molecular complexity index is 2450. The van der Waals surface area contributed by atoms with Crippen LogP contribution >= 0.6 is 0 Å². The number of hydrogen-bond acceptors (Lipinski definition) is 10. The predicted octanol–water partition coefficient (Wildman–Crippen LogP) is 2.86. The molecular formula is C39H43N5O9. The Morgan fingerprint density at radius 2 is 1.58 bits per heavy atom. The predicted molar refractivity (Wildman–Crippen MR) is 195 cm³/mol. The number of aliphatic hydroxyl groups is 1. The Kier molecular flexibility index (Phi) is 8.71. The summed E-state index contributed by atoms with van der Waals surface area (Å²) in [6.07, 6.45) is 2.03. The Morgan fingerprint density at radius 3 is 2.25 bits per heavy atom. The van der Waals surface area contributed by atoms with Crippen LogP contribution in [0.25, 0.3) is 11.0 Å². The molecule has 1 fully saturated rings. The molecule has 14 nitrogen and oxygen atoms in total. The number of aromatic nitrogens is 5. The Morgan fingerprint density at radius 1 is 0.925 bits per heavy atom. The molecule has 0 unspecified atom stereocenters. The number of Topliss-reactive ketones (excluding diaryl/α,β-unsaturated/α-hetero) is 2. The number of carbonyl (C=O) groups excluding carboxylic acids is 2. The summed E-state index contributed by atoms with van der Waals surface area (Å²) in [5.41, 5.74) is -0.394. The lowest BCUT2D eigenvalue weighted by Gasteiger charge is -2.58. The van der Waals surface area contributed by atoms with Crippen LogP contribution in [0.15, 0.2) is 73.6 Å². The van der Waals surface area contributed by atoms with Crippen LogP contribution < -0.4 is 31.1 Å². The third-order valence-corrected chi connectivity index (χ3v) is 12.0. The van der Waals surface area contributed by atoms with E-state index in [2.05, 4.69) is 4.98 Å². The second-order valence-electron chi connectivity index (χ2n) is 14.5. The molecule has 1 N–H and O–H groups in total. The number of allylic oxidation sites excluding steroid dienone is 4. The average molecular weight is 726 g/mol. The fraction of sp³-hybridized carbons (Fsp3) is 0.436. The number of benzene rings is 2. The number of aryl methyl sites for hydroxylation is 2. The van der Waals surface area contributed by atoms with Gasteiger partial charge in [-0.2, -0.15) is 0 Å². The fourth-order valence-corrected chi connectivity index (χ4v) is 8.83. The maximum absolute atomic E-state index is 14.4. The summed E-state index contributed by atoms with van der Waals surface area (Å²) in [5, 5.41) is 9.23. The maximum Gasteiger partial charge on any atom is 0.347 e. The zero-order valence-electron chi connectivity index (χ0n) is 30.9. The van der Waals surface area contributed by atoms with Gasteiger partial charge in [0.1, 0.15) is 18.1 Å². The van der Waals surface area contributed by atoms with Gasteiger partial charge in [0.15, 0.2) is 23.1 Å². The third kappa shape index (κ3) is 5.09. The number of aliphatic hydroxyl groups excluding tert-OH is 1. The number of ether oxygens (including phenoxy) is 3. The molecule has 0 spiro atoms. The molecule has 4 aromatic rings. The van der Waals surface area contributed by atoms with E-state index in [1.807, 2.05) is 25.1 Å². The van der Waals surface area contributed by atoms with Crippen LogP contribution in [0, 0.1) is 10.8 Å². The van der Waals surface area contributed by atoms with Crippen molar-refractivity contribution in [1.82, 2.24) is 23.5 Å². The van der Waals surface area contributed by atoms with Gasteiger partial charge in [0, 0.05) is 43.5 Å². The van der Waals surface area contributed by atoms with E-state index in [1.54, 1.807) is 52.1 Å². The van der Waals surface area contributed by atoms with Crippen LogP contribution in [-0.4, -0.2) is 67.6 Å².